The van der Waals surface area contributed by atoms with Crippen molar-refractivity contribution in [3.05, 3.63) is 69.6 Å². The van der Waals surface area contributed by atoms with E-state index in [-0.39, 0.29) is 17.1 Å². The number of carbonyl (C=O) groups excluding carboxylic acids is 1. The van der Waals surface area contributed by atoms with Gasteiger partial charge < -0.3 is 23.7 Å². The summed E-state index contributed by atoms with van der Waals surface area (Å²) in [5.74, 6) is 1.07. The van der Waals surface area contributed by atoms with Crippen LogP contribution in [0.2, 0.25) is 0 Å². The minimum atomic E-state index is -0.606. The summed E-state index contributed by atoms with van der Waals surface area (Å²) in [6.45, 7) is 7.83. The van der Waals surface area contributed by atoms with Crippen molar-refractivity contribution >= 4 is 16.9 Å². The first kappa shape index (κ1) is 22.9. The Morgan fingerprint density at radius 3 is 2.48 bits per heavy atom. The van der Waals surface area contributed by atoms with E-state index in [0.29, 0.717) is 40.1 Å². The molecule has 1 aliphatic rings. The molecular formula is C26H31N2O5+. The molecule has 0 bridgehead atoms. The van der Waals surface area contributed by atoms with Gasteiger partial charge in [-0.05, 0) is 44.2 Å². The predicted molar refractivity (Wildman–Crippen MR) is 126 cm³/mol. The van der Waals surface area contributed by atoms with Crippen LogP contribution in [0.1, 0.15) is 48.0 Å². The largest absolute Gasteiger partial charge is 0.497 e. The highest BCUT2D eigenvalue weighted by molar-refractivity contribution is 5.99. The number of para-hydroxylation sites is 1. The van der Waals surface area contributed by atoms with Gasteiger partial charge in [0, 0.05) is 18.5 Å². The number of benzene rings is 2. The van der Waals surface area contributed by atoms with Crippen molar-refractivity contribution in [2.24, 2.45) is 0 Å². The molecule has 0 unspecified atom stereocenters. The van der Waals surface area contributed by atoms with Crippen LogP contribution < -0.4 is 19.8 Å². The van der Waals surface area contributed by atoms with Crippen molar-refractivity contribution in [1.82, 2.24) is 4.90 Å². The maximum absolute atomic E-state index is 13.6. The summed E-state index contributed by atoms with van der Waals surface area (Å²) >= 11 is 0. The Morgan fingerprint density at radius 2 is 1.79 bits per heavy atom. The molecule has 2 aromatic carbocycles. The van der Waals surface area contributed by atoms with Crippen LogP contribution in [-0.2, 0) is 0 Å². The Kier molecular flexibility index (Phi) is 6.70. The molecule has 1 aliphatic heterocycles. The maximum atomic E-state index is 13.6. The first-order valence-electron chi connectivity index (χ1n) is 11.5. The molecule has 1 aromatic heterocycles. The zero-order valence-electron chi connectivity index (χ0n) is 19.6. The SMILES string of the molecule is CC[NH+](CC)CCCN1C(=O)c2oc3ccccc3c(=O)c2[C@@H]1c1cc(OC)ccc1OC. The second-order valence-corrected chi connectivity index (χ2v) is 8.24. The summed E-state index contributed by atoms with van der Waals surface area (Å²) in [6.07, 6.45) is 0.813. The van der Waals surface area contributed by atoms with Gasteiger partial charge in [-0.25, -0.2) is 0 Å². The van der Waals surface area contributed by atoms with Crippen LogP contribution in [0.4, 0.5) is 0 Å². The van der Waals surface area contributed by atoms with E-state index in [4.69, 9.17) is 13.9 Å². The first-order valence-corrected chi connectivity index (χ1v) is 11.5. The number of ether oxygens (including phenoxy) is 2. The predicted octanol–water partition coefficient (Wildman–Crippen LogP) is 2.67. The molecule has 0 radical (unpaired) electrons. The number of nitrogens with one attached hydrogen (secondary N) is 1. The number of methoxy groups -OCH3 is 2. The highest BCUT2D eigenvalue weighted by atomic mass is 16.5. The van der Waals surface area contributed by atoms with Crippen LogP contribution in [0, 0.1) is 0 Å². The lowest BCUT2D eigenvalue weighted by Gasteiger charge is -2.27. The molecule has 33 heavy (non-hydrogen) atoms. The number of amides is 1. The van der Waals surface area contributed by atoms with Crippen molar-refractivity contribution in [2.75, 3.05) is 40.4 Å². The number of hydrogen-bond acceptors (Lipinski definition) is 5. The highest BCUT2D eigenvalue weighted by Crippen LogP contribution is 2.42. The molecule has 0 spiro atoms. The molecule has 0 saturated carbocycles. The van der Waals surface area contributed by atoms with Gasteiger partial charge in [-0.15, -0.1) is 0 Å². The topological polar surface area (TPSA) is 73.4 Å². The van der Waals surface area contributed by atoms with Crippen molar-refractivity contribution < 1.29 is 23.6 Å². The molecule has 1 amide bonds. The molecular weight excluding hydrogens is 420 g/mol. The summed E-state index contributed by atoms with van der Waals surface area (Å²) in [6, 6.07) is 11.9. The molecule has 2 heterocycles. The van der Waals surface area contributed by atoms with Gasteiger partial charge in [-0.3, -0.25) is 9.59 Å². The average Bonchev–Trinajstić information content (AvgIpc) is 3.13. The summed E-state index contributed by atoms with van der Waals surface area (Å²) in [5.41, 5.74) is 1.30. The van der Waals surface area contributed by atoms with E-state index >= 15 is 0 Å². The standard InChI is InChI=1S/C26H30N2O5/c1-5-27(6-2)14-9-15-28-23(19-16-17(31-3)12-13-20(19)32-4)22-24(29)18-10-7-8-11-21(18)33-25(22)26(28)30/h7-8,10-13,16,23H,5-6,9,14-15H2,1-4H3/p+1/t23-/m0/s1. The van der Waals surface area contributed by atoms with E-state index in [2.05, 4.69) is 13.8 Å². The Bertz CT molecular complexity index is 1220. The first-order chi connectivity index (χ1) is 16.0. The molecule has 1 atom stereocenters. The fraction of sp³-hybridized carbons (Fsp3) is 0.385. The van der Waals surface area contributed by atoms with Crippen molar-refractivity contribution in [2.45, 2.75) is 26.3 Å². The molecule has 0 aliphatic carbocycles. The summed E-state index contributed by atoms with van der Waals surface area (Å²) < 4.78 is 17.1. The highest BCUT2D eigenvalue weighted by Gasteiger charge is 2.43. The normalized spacial score (nSPS) is 15.4. The van der Waals surface area contributed by atoms with Gasteiger partial charge in [0.1, 0.15) is 17.1 Å². The van der Waals surface area contributed by atoms with E-state index in [0.717, 1.165) is 26.1 Å². The lowest BCUT2D eigenvalue weighted by atomic mass is 9.97. The zero-order chi connectivity index (χ0) is 23.5. The number of fused-ring (bicyclic) bond motifs is 2. The number of quaternary nitrogens is 1. The maximum Gasteiger partial charge on any atom is 0.290 e. The van der Waals surface area contributed by atoms with Gasteiger partial charge in [0.15, 0.2) is 5.43 Å². The fourth-order valence-corrected chi connectivity index (χ4v) is 4.68. The smallest absolute Gasteiger partial charge is 0.290 e. The summed E-state index contributed by atoms with van der Waals surface area (Å²) in [4.78, 5) is 30.4. The molecule has 7 nitrogen and oxygen atoms in total. The van der Waals surface area contributed by atoms with Gasteiger partial charge in [0.05, 0.1) is 50.8 Å². The van der Waals surface area contributed by atoms with Gasteiger partial charge in [0.2, 0.25) is 5.76 Å². The van der Waals surface area contributed by atoms with Gasteiger partial charge >= 0.3 is 0 Å². The number of hydrogen-bond donors (Lipinski definition) is 1. The van der Waals surface area contributed by atoms with Crippen LogP contribution >= 0.6 is 0 Å². The quantitative estimate of drug-likeness (QED) is 0.542. The third-order valence-electron chi connectivity index (χ3n) is 6.53. The lowest BCUT2D eigenvalue weighted by molar-refractivity contribution is -0.896. The number of carbonyl (C=O) groups is 1. The fourth-order valence-electron chi connectivity index (χ4n) is 4.68. The number of nitrogens with zero attached hydrogens (tertiary/aromatic N) is 1. The van der Waals surface area contributed by atoms with E-state index in [9.17, 15) is 9.59 Å². The van der Waals surface area contributed by atoms with Gasteiger partial charge in [0.25, 0.3) is 5.91 Å². The molecule has 1 N–H and O–H groups in total. The summed E-state index contributed by atoms with van der Waals surface area (Å²) in [7, 11) is 3.17. The molecule has 3 aromatic rings. The number of rotatable bonds is 9. The zero-order valence-corrected chi connectivity index (χ0v) is 19.6. The van der Waals surface area contributed by atoms with Gasteiger partial charge in [-0.1, -0.05) is 12.1 Å². The molecule has 0 saturated heterocycles. The van der Waals surface area contributed by atoms with Crippen LogP contribution in [0.25, 0.3) is 11.0 Å². The summed E-state index contributed by atoms with van der Waals surface area (Å²) in [5, 5.41) is 0.463. The van der Waals surface area contributed by atoms with E-state index in [1.807, 2.05) is 6.07 Å². The monoisotopic (exact) mass is 451 g/mol. The average molecular weight is 452 g/mol. The van der Waals surface area contributed by atoms with Crippen molar-refractivity contribution in [3.63, 3.8) is 0 Å². The minimum Gasteiger partial charge on any atom is -0.497 e. The second-order valence-electron chi connectivity index (χ2n) is 8.24. The van der Waals surface area contributed by atoms with Crippen LogP contribution in [0.5, 0.6) is 11.5 Å². The minimum absolute atomic E-state index is 0.115. The van der Waals surface area contributed by atoms with E-state index in [1.165, 1.54) is 4.90 Å². The third kappa shape index (κ3) is 4.09. The van der Waals surface area contributed by atoms with Crippen molar-refractivity contribution in [1.29, 1.82) is 0 Å². The molecule has 7 heteroatoms. The molecule has 4 rings (SSSR count). The third-order valence-corrected chi connectivity index (χ3v) is 6.53. The molecule has 0 fully saturated rings. The van der Waals surface area contributed by atoms with Crippen molar-refractivity contribution in [3.8, 4) is 11.5 Å². The van der Waals surface area contributed by atoms with Crippen LogP contribution in [0.15, 0.2) is 51.7 Å². The van der Waals surface area contributed by atoms with Crippen LogP contribution in [0.3, 0.4) is 0 Å². The van der Waals surface area contributed by atoms with E-state index in [1.54, 1.807) is 55.5 Å². The molecule has 174 valence electrons. The van der Waals surface area contributed by atoms with E-state index < -0.39 is 6.04 Å². The Labute approximate surface area is 193 Å². The Hall–Kier alpha value is -3.32. The Balaban J connectivity index is 1.86. The Morgan fingerprint density at radius 1 is 1.03 bits per heavy atom. The van der Waals surface area contributed by atoms with Crippen LogP contribution in [-0.4, -0.2) is 51.2 Å². The van der Waals surface area contributed by atoms with Gasteiger partial charge in [-0.2, -0.15) is 0 Å². The lowest BCUT2D eigenvalue weighted by Crippen LogP contribution is -3.11. The second kappa shape index (κ2) is 9.67.